The number of nitrogens with zero attached hydrogens (tertiary/aromatic N) is 4. The first-order valence-corrected chi connectivity index (χ1v) is 15.5. The van der Waals surface area contributed by atoms with E-state index in [-0.39, 0.29) is 5.91 Å². The van der Waals surface area contributed by atoms with Crippen molar-refractivity contribution >= 4 is 79.0 Å². The predicted octanol–water partition coefficient (Wildman–Crippen LogP) is 6.86. The number of morpholine rings is 1. The maximum Gasteiger partial charge on any atom is 0.332 e. The van der Waals surface area contributed by atoms with Crippen molar-refractivity contribution in [2.45, 2.75) is 6.54 Å². The van der Waals surface area contributed by atoms with Crippen molar-refractivity contribution in [1.82, 2.24) is 14.9 Å². The first kappa shape index (κ1) is 27.7. The molecule has 2 N–H and O–H groups in total. The minimum absolute atomic E-state index is 0.322. The Morgan fingerprint density at radius 1 is 1.02 bits per heavy atom. The summed E-state index contributed by atoms with van der Waals surface area (Å²) in [6.45, 7) is 4.15. The summed E-state index contributed by atoms with van der Waals surface area (Å²) < 4.78 is 12.4. The van der Waals surface area contributed by atoms with Crippen LogP contribution < -0.4 is 20.3 Å². The molecule has 7 rings (SSSR count). The number of urea groups is 1. The lowest BCUT2D eigenvalue weighted by Crippen LogP contribution is -2.35. The van der Waals surface area contributed by atoms with Crippen LogP contribution in [-0.4, -0.2) is 53.1 Å². The summed E-state index contributed by atoms with van der Waals surface area (Å²) in [6, 6.07) is 22.1. The number of amides is 3. The van der Waals surface area contributed by atoms with E-state index in [0.29, 0.717) is 43.7 Å². The summed E-state index contributed by atoms with van der Waals surface area (Å²) >= 11 is 3.52. The van der Waals surface area contributed by atoms with Crippen LogP contribution in [-0.2, 0) is 11.3 Å². The number of nitrogens with one attached hydrogen (secondary N) is 2. The molecule has 0 atom stereocenters. The molecule has 216 valence electrons. The quantitative estimate of drug-likeness (QED) is 0.178. The minimum Gasteiger partial charge on any atom is -0.457 e. The molecule has 0 radical (unpaired) electrons. The lowest BCUT2D eigenvalue weighted by molar-refractivity contribution is 0.0341. The lowest BCUT2D eigenvalue weighted by Gasteiger charge is -2.27. The summed E-state index contributed by atoms with van der Waals surface area (Å²) in [5, 5.41) is 6.54. The van der Waals surface area contributed by atoms with Crippen molar-refractivity contribution in [2.24, 2.45) is 0 Å². The molecule has 0 spiro atoms. The molecule has 2 aliphatic heterocycles. The number of aromatic nitrogens is 2. The Morgan fingerprint density at radius 2 is 1.79 bits per heavy atom. The van der Waals surface area contributed by atoms with Gasteiger partial charge in [0.1, 0.15) is 27.5 Å². The van der Waals surface area contributed by atoms with Gasteiger partial charge in [-0.05, 0) is 76.7 Å². The monoisotopic (exact) mass is 704 g/mol. The highest BCUT2D eigenvalue weighted by atomic mass is 127. The summed E-state index contributed by atoms with van der Waals surface area (Å²) in [4.78, 5) is 40.6. The fraction of sp³-hybridized carbons (Fsp3) is 0.161. The molecule has 5 aromatic rings. The smallest absolute Gasteiger partial charge is 0.332 e. The molecule has 43 heavy (non-hydrogen) atoms. The Balaban J connectivity index is 1.13. The SMILES string of the molecule is O=C(Nc1ccc(CN2CCOCC2)c(I)c1)c1sc2ncnc3c2c1NC(=O)N3c1ccc(Oc2ccccc2)cc1. The summed E-state index contributed by atoms with van der Waals surface area (Å²) in [5.41, 5.74) is 2.89. The van der Waals surface area contributed by atoms with Crippen molar-refractivity contribution in [3.05, 3.63) is 93.1 Å². The van der Waals surface area contributed by atoms with Gasteiger partial charge in [0, 0.05) is 28.9 Å². The number of para-hydroxylation sites is 1. The molecule has 0 unspecified atom stereocenters. The van der Waals surface area contributed by atoms with Crippen molar-refractivity contribution < 1.29 is 19.1 Å². The highest BCUT2D eigenvalue weighted by molar-refractivity contribution is 14.1. The Bertz CT molecular complexity index is 1830. The van der Waals surface area contributed by atoms with Gasteiger partial charge in [-0.25, -0.2) is 19.7 Å². The van der Waals surface area contributed by atoms with E-state index in [9.17, 15) is 9.59 Å². The molecule has 0 aliphatic carbocycles. The second-order valence-electron chi connectivity index (χ2n) is 10.0. The van der Waals surface area contributed by atoms with E-state index < -0.39 is 6.03 Å². The molecule has 0 bridgehead atoms. The van der Waals surface area contributed by atoms with Gasteiger partial charge >= 0.3 is 6.03 Å². The molecule has 3 aromatic carbocycles. The molecule has 2 aliphatic rings. The average Bonchev–Trinajstić information content (AvgIpc) is 3.40. The molecule has 0 saturated carbocycles. The van der Waals surface area contributed by atoms with Crippen LogP contribution in [0.2, 0.25) is 0 Å². The number of halogens is 1. The highest BCUT2D eigenvalue weighted by Crippen LogP contribution is 2.45. The maximum absolute atomic E-state index is 13.5. The standard InChI is InChI=1S/C31H25IN6O4S/c32-24-16-20(7-6-19(24)17-37-12-14-41-15-13-37)35-29(39)27-26-25-28(33-18-34-30(25)43-27)38(31(40)36-26)21-8-10-23(11-9-21)42-22-4-2-1-3-5-22/h1-11,16,18H,12-15,17H2,(H,35,39)(H,36,40). The van der Waals surface area contributed by atoms with Gasteiger partial charge in [-0.2, -0.15) is 0 Å². The topological polar surface area (TPSA) is 109 Å². The molecule has 3 amide bonds. The third kappa shape index (κ3) is 5.66. The zero-order valence-corrected chi connectivity index (χ0v) is 25.7. The largest absolute Gasteiger partial charge is 0.457 e. The highest BCUT2D eigenvalue weighted by Gasteiger charge is 2.34. The number of rotatable bonds is 7. The summed E-state index contributed by atoms with van der Waals surface area (Å²) in [5.74, 6) is 1.45. The Kier molecular flexibility index (Phi) is 7.65. The Morgan fingerprint density at radius 3 is 2.56 bits per heavy atom. The number of carbonyl (C=O) groups excluding carboxylic acids is 2. The van der Waals surface area contributed by atoms with Gasteiger partial charge in [0.25, 0.3) is 5.91 Å². The lowest BCUT2D eigenvalue weighted by atomic mass is 10.1. The van der Waals surface area contributed by atoms with Crippen molar-refractivity contribution in [3.8, 4) is 11.5 Å². The molecule has 10 nitrogen and oxygen atoms in total. The maximum atomic E-state index is 13.5. The van der Waals surface area contributed by atoms with Crippen LogP contribution in [0.5, 0.6) is 11.5 Å². The van der Waals surface area contributed by atoms with E-state index in [1.807, 2.05) is 48.5 Å². The third-order valence-corrected chi connectivity index (χ3v) is 9.30. The third-order valence-electron chi connectivity index (χ3n) is 7.20. The fourth-order valence-electron chi connectivity index (χ4n) is 5.09. The van der Waals surface area contributed by atoms with Gasteiger partial charge in [-0.3, -0.25) is 9.69 Å². The molecule has 12 heteroatoms. The first-order chi connectivity index (χ1) is 21.0. The van der Waals surface area contributed by atoms with Crippen LogP contribution in [0.25, 0.3) is 10.2 Å². The van der Waals surface area contributed by atoms with Gasteiger partial charge in [-0.15, -0.1) is 11.3 Å². The van der Waals surface area contributed by atoms with E-state index in [1.54, 1.807) is 24.3 Å². The first-order valence-electron chi connectivity index (χ1n) is 13.6. The Labute approximate surface area is 264 Å². The second-order valence-corrected chi connectivity index (χ2v) is 12.2. The molecule has 1 saturated heterocycles. The zero-order valence-electron chi connectivity index (χ0n) is 22.7. The van der Waals surface area contributed by atoms with E-state index in [4.69, 9.17) is 9.47 Å². The number of carbonyl (C=O) groups is 2. The van der Waals surface area contributed by atoms with Gasteiger partial charge in [0.15, 0.2) is 5.82 Å². The number of thiophene rings is 1. The van der Waals surface area contributed by atoms with E-state index in [0.717, 1.165) is 42.2 Å². The zero-order chi connectivity index (χ0) is 29.3. The van der Waals surface area contributed by atoms with Crippen molar-refractivity contribution in [2.75, 3.05) is 41.8 Å². The number of hydrogen-bond acceptors (Lipinski definition) is 8. The number of ether oxygens (including phenoxy) is 2. The Hall–Kier alpha value is -4.11. The minimum atomic E-state index is -0.418. The second kappa shape index (κ2) is 11.9. The van der Waals surface area contributed by atoms with Gasteiger partial charge in [0.2, 0.25) is 0 Å². The van der Waals surface area contributed by atoms with Crippen LogP contribution in [0, 0.1) is 3.57 Å². The van der Waals surface area contributed by atoms with Gasteiger partial charge < -0.3 is 20.1 Å². The number of benzene rings is 3. The van der Waals surface area contributed by atoms with Crippen LogP contribution in [0.4, 0.5) is 27.7 Å². The van der Waals surface area contributed by atoms with Crippen LogP contribution in [0.15, 0.2) is 79.1 Å². The average molecular weight is 705 g/mol. The number of hydrogen-bond donors (Lipinski definition) is 2. The van der Waals surface area contributed by atoms with Crippen LogP contribution in [0.3, 0.4) is 0 Å². The van der Waals surface area contributed by atoms with Gasteiger partial charge in [0.05, 0.1) is 30.0 Å². The molecule has 2 aromatic heterocycles. The van der Waals surface area contributed by atoms with E-state index >= 15 is 0 Å². The van der Waals surface area contributed by atoms with Crippen LogP contribution >= 0.6 is 33.9 Å². The van der Waals surface area contributed by atoms with E-state index in [2.05, 4.69) is 48.1 Å². The van der Waals surface area contributed by atoms with Crippen molar-refractivity contribution in [1.29, 1.82) is 0 Å². The molecule has 4 heterocycles. The van der Waals surface area contributed by atoms with Crippen LogP contribution in [0.1, 0.15) is 15.2 Å². The van der Waals surface area contributed by atoms with E-state index in [1.165, 1.54) is 28.1 Å². The van der Waals surface area contributed by atoms with Gasteiger partial charge in [-0.1, -0.05) is 24.3 Å². The molecule has 1 fully saturated rings. The molecular weight excluding hydrogens is 679 g/mol. The summed E-state index contributed by atoms with van der Waals surface area (Å²) in [7, 11) is 0. The molecular formula is C31H25IN6O4S. The normalized spacial score (nSPS) is 14.9. The number of anilines is 4. The van der Waals surface area contributed by atoms with Crippen molar-refractivity contribution in [3.63, 3.8) is 0 Å². The predicted molar refractivity (Wildman–Crippen MR) is 175 cm³/mol. The fourth-order valence-corrected chi connectivity index (χ4v) is 6.77. The summed E-state index contributed by atoms with van der Waals surface area (Å²) in [6.07, 6.45) is 1.41.